The molecule has 0 aliphatic carbocycles. The van der Waals surface area contributed by atoms with E-state index >= 15 is 0 Å². The highest BCUT2D eigenvalue weighted by Gasteiger charge is 2.04. The molecule has 0 saturated carbocycles. The highest BCUT2D eigenvalue weighted by molar-refractivity contribution is 5.93. The summed E-state index contributed by atoms with van der Waals surface area (Å²) in [5.41, 5.74) is 8.77. The van der Waals surface area contributed by atoms with Gasteiger partial charge >= 0.3 is 0 Å². The van der Waals surface area contributed by atoms with E-state index in [4.69, 9.17) is 5.73 Å². The van der Waals surface area contributed by atoms with Crippen molar-refractivity contribution in [2.24, 2.45) is 5.73 Å². The lowest BCUT2D eigenvalue weighted by atomic mass is 10.2. The molecule has 0 atom stereocenters. The van der Waals surface area contributed by atoms with E-state index in [-0.39, 0.29) is 0 Å². The average molecular weight is 266 g/mol. The number of pyridine rings is 1. The van der Waals surface area contributed by atoms with E-state index in [1.807, 2.05) is 41.2 Å². The number of fused-ring (bicyclic) bond motifs is 1. The number of hydrogen-bond acceptors (Lipinski definition) is 3. The number of benzene rings is 1. The standard InChI is InChI=1S/C15H14N4O/c16-15(20)11-4-3-5-13(8-11)17-9-12-10-18-19-7-2-1-6-14(12)19/h1-8,10,17H,9H2,(H2,16,20). The van der Waals surface area contributed by atoms with Crippen LogP contribution >= 0.6 is 0 Å². The van der Waals surface area contributed by atoms with Crippen molar-refractivity contribution < 1.29 is 4.79 Å². The van der Waals surface area contributed by atoms with Crippen LogP contribution in [-0.4, -0.2) is 15.5 Å². The number of nitrogens with one attached hydrogen (secondary N) is 1. The molecule has 0 spiro atoms. The zero-order valence-electron chi connectivity index (χ0n) is 10.8. The number of anilines is 1. The van der Waals surface area contributed by atoms with Crippen LogP contribution in [0.3, 0.4) is 0 Å². The third-order valence-electron chi connectivity index (χ3n) is 3.14. The monoisotopic (exact) mass is 266 g/mol. The fourth-order valence-corrected chi connectivity index (χ4v) is 2.10. The summed E-state index contributed by atoms with van der Waals surface area (Å²) in [5, 5.41) is 7.55. The van der Waals surface area contributed by atoms with E-state index in [2.05, 4.69) is 10.4 Å². The summed E-state index contributed by atoms with van der Waals surface area (Å²) < 4.78 is 1.83. The van der Waals surface area contributed by atoms with Gasteiger partial charge in [-0.05, 0) is 30.3 Å². The number of hydrogen-bond donors (Lipinski definition) is 2. The van der Waals surface area contributed by atoms with Gasteiger partial charge in [0, 0.05) is 29.6 Å². The molecular weight excluding hydrogens is 252 g/mol. The first-order valence-corrected chi connectivity index (χ1v) is 6.29. The van der Waals surface area contributed by atoms with Gasteiger partial charge < -0.3 is 11.1 Å². The van der Waals surface area contributed by atoms with Crippen LogP contribution in [0.5, 0.6) is 0 Å². The summed E-state index contributed by atoms with van der Waals surface area (Å²) in [6.07, 6.45) is 3.74. The number of aromatic nitrogens is 2. The number of carbonyl (C=O) groups is 1. The van der Waals surface area contributed by atoms with Crippen LogP contribution in [0.15, 0.2) is 54.9 Å². The SMILES string of the molecule is NC(=O)c1cccc(NCc2cnn3ccccc23)c1. The summed E-state index contributed by atoms with van der Waals surface area (Å²) in [6, 6.07) is 13.1. The van der Waals surface area contributed by atoms with Crippen LogP contribution in [0.4, 0.5) is 5.69 Å². The van der Waals surface area contributed by atoms with Gasteiger partial charge in [0.2, 0.25) is 5.91 Å². The molecule has 2 aromatic heterocycles. The summed E-state index contributed by atoms with van der Waals surface area (Å²) in [5.74, 6) is -0.426. The van der Waals surface area contributed by atoms with Crippen molar-refractivity contribution in [3.8, 4) is 0 Å². The number of amides is 1. The minimum absolute atomic E-state index is 0.426. The Hall–Kier alpha value is -2.82. The van der Waals surface area contributed by atoms with Gasteiger partial charge in [0.05, 0.1) is 11.7 Å². The summed E-state index contributed by atoms with van der Waals surface area (Å²) in [6.45, 7) is 0.635. The molecule has 0 saturated heterocycles. The van der Waals surface area contributed by atoms with E-state index < -0.39 is 5.91 Å². The predicted octanol–water partition coefficient (Wildman–Crippen LogP) is 2.05. The first kappa shape index (κ1) is 12.2. The molecule has 0 aliphatic heterocycles. The van der Waals surface area contributed by atoms with Gasteiger partial charge in [-0.2, -0.15) is 5.10 Å². The quantitative estimate of drug-likeness (QED) is 0.759. The lowest BCUT2D eigenvalue weighted by Crippen LogP contribution is -2.11. The van der Waals surface area contributed by atoms with Crippen LogP contribution in [0.2, 0.25) is 0 Å². The van der Waals surface area contributed by atoms with Crippen molar-refractivity contribution in [2.45, 2.75) is 6.54 Å². The van der Waals surface area contributed by atoms with Crippen molar-refractivity contribution in [3.05, 3.63) is 66.0 Å². The number of carbonyl (C=O) groups excluding carboxylic acids is 1. The second-order valence-corrected chi connectivity index (χ2v) is 4.50. The summed E-state index contributed by atoms with van der Waals surface area (Å²) >= 11 is 0. The van der Waals surface area contributed by atoms with Gasteiger partial charge in [-0.3, -0.25) is 4.79 Å². The molecule has 2 heterocycles. The van der Waals surface area contributed by atoms with Crippen LogP contribution in [0, 0.1) is 0 Å². The number of primary amides is 1. The predicted molar refractivity (Wildman–Crippen MR) is 77.5 cm³/mol. The Morgan fingerprint density at radius 1 is 1.25 bits per heavy atom. The van der Waals surface area contributed by atoms with Crippen LogP contribution < -0.4 is 11.1 Å². The van der Waals surface area contributed by atoms with E-state index in [1.165, 1.54) is 0 Å². The molecule has 100 valence electrons. The summed E-state index contributed by atoms with van der Waals surface area (Å²) in [4.78, 5) is 11.1. The molecule has 20 heavy (non-hydrogen) atoms. The Morgan fingerprint density at radius 2 is 2.15 bits per heavy atom. The van der Waals surface area contributed by atoms with Crippen LogP contribution in [0.1, 0.15) is 15.9 Å². The fourth-order valence-electron chi connectivity index (χ4n) is 2.10. The smallest absolute Gasteiger partial charge is 0.248 e. The van der Waals surface area contributed by atoms with Crippen LogP contribution in [0.25, 0.3) is 5.52 Å². The maximum Gasteiger partial charge on any atom is 0.248 e. The largest absolute Gasteiger partial charge is 0.381 e. The second kappa shape index (κ2) is 5.05. The molecule has 3 aromatic rings. The lowest BCUT2D eigenvalue weighted by molar-refractivity contribution is 0.100. The van der Waals surface area contributed by atoms with Crippen molar-refractivity contribution in [3.63, 3.8) is 0 Å². The number of nitrogens with zero attached hydrogens (tertiary/aromatic N) is 2. The molecule has 5 nitrogen and oxygen atoms in total. The Balaban J connectivity index is 1.79. The summed E-state index contributed by atoms with van der Waals surface area (Å²) in [7, 11) is 0. The minimum Gasteiger partial charge on any atom is -0.381 e. The van der Waals surface area contributed by atoms with E-state index in [0.29, 0.717) is 12.1 Å². The average Bonchev–Trinajstić information content (AvgIpc) is 2.89. The van der Waals surface area contributed by atoms with Gasteiger partial charge in [0.25, 0.3) is 0 Å². The highest BCUT2D eigenvalue weighted by atomic mass is 16.1. The highest BCUT2D eigenvalue weighted by Crippen LogP contribution is 2.14. The van der Waals surface area contributed by atoms with Gasteiger partial charge in [0.1, 0.15) is 0 Å². The fraction of sp³-hybridized carbons (Fsp3) is 0.0667. The maximum atomic E-state index is 11.1. The van der Waals surface area contributed by atoms with Crippen LogP contribution in [-0.2, 0) is 6.54 Å². The Kier molecular flexibility index (Phi) is 3.09. The molecule has 3 N–H and O–H groups in total. The van der Waals surface area contributed by atoms with Crippen molar-refractivity contribution in [2.75, 3.05) is 5.32 Å². The Labute approximate surface area is 116 Å². The molecule has 0 aliphatic rings. The topological polar surface area (TPSA) is 72.4 Å². The van der Waals surface area contributed by atoms with Gasteiger partial charge in [0.15, 0.2) is 0 Å². The van der Waals surface area contributed by atoms with Gasteiger partial charge in [-0.25, -0.2) is 4.52 Å². The number of nitrogens with two attached hydrogens (primary N) is 1. The van der Waals surface area contributed by atoms with Gasteiger partial charge in [-0.15, -0.1) is 0 Å². The molecule has 0 radical (unpaired) electrons. The van der Waals surface area contributed by atoms with E-state index in [9.17, 15) is 4.79 Å². The first-order chi connectivity index (χ1) is 9.74. The van der Waals surface area contributed by atoms with Crippen molar-refractivity contribution in [1.29, 1.82) is 0 Å². The molecule has 3 rings (SSSR count). The zero-order chi connectivity index (χ0) is 13.9. The Morgan fingerprint density at radius 3 is 3.00 bits per heavy atom. The molecule has 1 aromatic carbocycles. The third kappa shape index (κ3) is 2.33. The molecule has 0 unspecified atom stereocenters. The second-order valence-electron chi connectivity index (χ2n) is 4.50. The molecular formula is C15H14N4O. The Bertz CT molecular complexity index is 763. The maximum absolute atomic E-state index is 11.1. The number of rotatable bonds is 4. The van der Waals surface area contributed by atoms with E-state index in [1.54, 1.807) is 18.2 Å². The normalized spacial score (nSPS) is 10.6. The van der Waals surface area contributed by atoms with E-state index in [0.717, 1.165) is 16.8 Å². The molecule has 1 amide bonds. The minimum atomic E-state index is -0.426. The van der Waals surface area contributed by atoms with Crippen molar-refractivity contribution >= 4 is 17.1 Å². The third-order valence-corrected chi connectivity index (χ3v) is 3.14. The molecule has 5 heteroatoms. The first-order valence-electron chi connectivity index (χ1n) is 6.29. The lowest BCUT2D eigenvalue weighted by Gasteiger charge is -2.06. The molecule has 0 bridgehead atoms. The zero-order valence-corrected chi connectivity index (χ0v) is 10.8. The van der Waals surface area contributed by atoms with Crippen molar-refractivity contribution in [1.82, 2.24) is 9.61 Å². The van der Waals surface area contributed by atoms with Gasteiger partial charge in [-0.1, -0.05) is 12.1 Å². The molecule has 0 fully saturated rings.